The van der Waals surface area contributed by atoms with E-state index in [1.54, 1.807) is 23.6 Å². The Morgan fingerprint density at radius 1 is 1.19 bits per heavy atom. The van der Waals surface area contributed by atoms with Crippen molar-refractivity contribution >= 4 is 34.0 Å². The molecule has 1 aromatic heterocycles. The number of nitrogens with zero attached hydrogens (tertiary/aromatic N) is 2. The maximum atomic E-state index is 11.9. The number of aromatic nitrogens is 1. The minimum absolute atomic E-state index is 0.0156. The number of aliphatic imine (C=N–C) groups is 1. The van der Waals surface area contributed by atoms with Crippen molar-refractivity contribution < 1.29 is 15.0 Å². The normalized spacial score (nSPS) is 11.9. The zero-order valence-electron chi connectivity index (χ0n) is 15.0. The predicted molar refractivity (Wildman–Crippen MR) is 108 cm³/mol. The number of aromatic hydroxyl groups is 1. The molecule has 2 N–H and O–H groups in total. The maximum absolute atomic E-state index is 11.9. The van der Waals surface area contributed by atoms with Crippen LogP contribution in [0.25, 0.3) is 16.6 Å². The van der Waals surface area contributed by atoms with Gasteiger partial charge in [0.2, 0.25) is 5.88 Å². The lowest BCUT2D eigenvalue weighted by Gasteiger charge is -2.07. The number of hydrogen-bond acceptors (Lipinski definition) is 4. The lowest BCUT2D eigenvalue weighted by Crippen LogP contribution is -2.06. The van der Waals surface area contributed by atoms with E-state index in [-0.39, 0.29) is 31.2 Å². The molecule has 3 aromatic rings. The number of halogens is 1. The summed E-state index contributed by atoms with van der Waals surface area (Å²) in [5.74, 6) is 0.00948. The molecule has 5 nitrogen and oxygen atoms in total. The molecule has 0 aliphatic rings. The van der Waals surface area contributed by atoms with Gasteiger partial charge in [-0.2, -0.15) is 0 Å². The lowest BCUT2D eigenvalue weighted by atomic mass is 10.1. The fraction of sp³-hybridized carbons (Fsp3) is 0.238. The van der Waals surface area contributed by atoms with Gasteiger partial charge >= 0.3 is 0 Å². The summed E-state index contributed by atoms with van der Waals surface area (Å²) < 4.78 is 1.74. The number of benzene rings is 2. The van der Waals surface area contributed by atoms with Crippen LogP contribution in [0.5, 0.6) is 5.88 Å². The van der Waals surface area contributed by atoms with Gasteiger partial charge in [-0.15, -0.1) is 0 Å². The molecule has 1 heterocycles. The van der Waals surface area contributed by atoms with E-state index in [0.717, 1.165) is 16.6 Å². The molecular weight excluding hydrogens is 364 g/mol. The summed E-state index contributed by atoms with van der Waals surface area (Å²) in [4.78, 5) is 16.2. The number of carbonyl (C=O) groups excluding carboxylic acids is 1. The number of aliphatic hydroxyl groups excluding tert-OH is 1. The van der Waals surface area contributed by atoms with Gasteiger partial charge in [-0.1, -0.05) is 29.8 Å². The fourth-order valence-electron chi connectivity index (χ4n) is 3.09. The lowest BCUT2D eigenvalue weighted by molar-refractivity contribution is -0.117. The van der Waals surface area contributed by atoms with E-state index >= 15 is 0 Å². The Labute approximate surface area is 162 Å². The SMILES string of the molecule is CC(=NCC(=O)CCCO)c1c(O)n(-c2ccccc2)c2ccc(Cl)cc12. The Morgan fingerprint density at radius 2 is 1.93 bits per heavy atom. The number of ketones is 1. The molecule has 140 valence electrons. The standard InChI is InChI=1S/C21H21ClN2O3/c1-14(23-13-17(26)8-5-11-25)20-18-12-15(22)9-10-19(18)24(21(20)27)16-6-3-2-4-7-16/h2-4,6-7,9-10,12,25,27H,5,8,11,13H2,1H3. The third-order valence-electron chi connectivity index (χ3n) is 4.39. The molecule has 2 aromatic carbocycles. The van der Waals surface area contributed by atoms with Crippen LogP contribution < -0.4 is 0 Å². The van der Waals surface area contributed by atoms with Gasteiger partial charge in [-0.05, 0) is 43.7 Å². The Balaban J connectivity index is 2.09. The van der Waals surface area contributed by atoms with Crippen molar-refractivity contribution in [3.63, 3.8) is 0 Å². The van der Waals surface area contributed by atoms with Crippen LogP contribution in [0.4, 0.5) is 0 Å². The van der Waals surface area contributed by atoms with Crippen molar-refractivity contribution in [1.29, 1.82) is 0 Å². The van der Waals surface area contributed by atoms with Crippen molar-refractivity contribution in [3.8, 4) is 11.6 Å². The topological polar surface area (TPSA) is 74.8 Å². The second-order valence-corrected chi connectivity index (χ2v) is 6.73. The van der Waals surface area contributed by atoms with Crippen molar-refractivity contribution in [2.45, 2.75) is 19.8 Å². The van der Waals surface area contributed by atoms with Crippen molar-refractivity contribution in [1.82, 2.24) is 4.57 Å². The van der Waals surface area contributed by atoms with Gasteiger partial charge in [0.15, 0.2) is 5.78 Å². The Kier molecular flexibility index (Phi) is 5.94. The van der Waals surface area contributed by atoms with E-state index in [1.165, 1.54) is 0 Å². The molecule has 0 aliphatic carbocycles. The van der Waals surface area contributed by atoms with Gasteiger partial charge in [-0.3, -0.25) is 14.4 Å². The summed E-state index contributed by atoms with van der Waals surface area (Å²) >= 11 is 6.18. The summed E-state index contributed by atoms with van der Waals surface area (Å²) in [5, 5.41) is 21.1. The zero-order chi connectivity index (χ0) is 19.4. The van der Waals surface area contributed by atoms with Gasteiger partial charge in [0, 0.05) is 34.8 Å². The zero-order valence-corrected chi connectivity index (χ0v) is 15.8. The molecule has 0 atom stereocenters. The Morgan fingerprint density at radius 3 is 2.63 bits per heavy atom. The van der Waals surface area contributed by atoms with Crippen LogP contribution in [0.3, 0.4) is 0 Å². The van der Waals surface area contributed by atoms with Crippen LogP contribution in [-0.2, 0) is 4.79 Å². The van der Waals surface area contributed by atoms with Crippen LogP contribution in [0.1, 0.15) is 25.3 Å². The molecule has 0 saturated carbocycles. The van der Waals surface area contributed by atoms with E-state index < -0.39 is 0 Å². The Bertz CT molecular complexity index is 994. The number of fused-ring (bicyclic) bond motifs is 1. The molecule has 0 unspecified atom stereocenters. The minimum atomic E-state index is -0.0484. The molecule has 0 radical (unpaired) electrons. The van der Waals surface area contributed by atoms with Gasteiger partial charge in [-0.25, -0.2) is 0 Å². The number of para-hydroxylation sites is 1. The predicted octanol–water partition coefficient (Wildman–Crippen LogP) is 4.14. The smallest absolute Gasteiger partial charge is 0.206 e. The first-order valence-corrected chi connectivity index (χ1v) is 9.13. The van der Waals surface area contributed by atoms with E-state index in [1.807, 2.05) is 36.4 Å². The highest BCUT2D eigenvalue weighted by Crippen LogP contribution is 2.36. The number of aliphatic hydroxyl groups is 1. The molecule has 0 saturated heterocycles. The highest BCUT2D eigenvalue weighted by Gasteiger charge is 2.20. The van der Waals surface area contributed by atoms with Gasteiger partial charge in [0.1, 0.15) is 0 Å². The van der Waals surface area contributed by atoms with Gasteiger partial charge in [0.25, 0.3) is 0 Å². The molecule has 0 spiro atoms. The third-order valence-corrected chi connectivity index (χ3v) is 4.62. The summed E-state index contributed by atoms with van der Waals surface area (Å²) in [5.41, 5.74) is 2.75. The molecule has 27 heavy (non-hydrogen) atoms. The van der Waals surface area contributed by atoms with Crippen molar-refractivity contribution in [2.24, 2.45) is 4.99 Å². The number of rotatable bonds is 7. The first-order valence-electron chi connectivity index (χ1n) is 8.75. The van der Waals surface area contributed by atoms with Gasteiger partial charge in [0.05, 0.1) is 17.6 Å². The summed E-state index contributed by atoms with van der Waals surface area (Å²) in [7, 11) is 0. The second kappa shape index (κ2) is 8.37. The quantitative estimate of drug-likeness (QED) is 0.601. The molecule has 0 aliphatic heterocycles. The van der Waals surface area contributed by atoms with Crippen LogP contribution in [-0.4, -0.2) is 39.4 Å². The summed E-state index contributed by atoms with van der Waals surface area (Å²) in [6, 6.07) is 14.9. The highest BCUT2D eigenvalue weighted by molar-refractivity contribution is 6.31. The number of Topliss-reactive ketones (excluding diaryl/α,β-unsaturated/α-hetero) is 1. The van der Waals surface area contributed by atoms with Crippen molar-refractivity contribution in [2.75, 3.05) is 13.2 Å². The molecule has 6 heteroatoms. The van der Waals surface area contributed by atoms with E-state index in [0.29, 0.717) is 22.7 Å². The minimum Gasteiger partial charge on any atom is -0.494 e. The van der Waals surface area contributed by atoms with Crippen LogP contribution >= 0.6 is 11.6 Å². The van der Waals surface area contributed by atoms with E-state index in [4.69, 9.17) is 16.7 Å². The van der Waals surface area contributed by atoms with Crippen LogP contribution in [0.2, 0.25) is 5.02 Å². The average molecular weight is 385 g/mol. The maximum Gasteiger partial charge on any atom is 0.206 e. The fourth-order valence-corrected chi connectivity index (χ4v) is 3.26. The number of hydrogen-bond donors (Lipinski definition) is 2. The molecule has 0 bridgehead atoms. The molecular formula is C21H21ClN2O3. The molecule has 3 rings (SSSR count). The molecule has 0 amide bonds. The van der Waals surface area contributed by atoms with E-state index in [2.05, 4.69) is 4.99 Å². The van der Waals surface area contributed by atoms with Crippen LogP contribution in [0.15, 0.2) is 53.5 Å². The first-order chi connectivity index (χ1) is 13.0. The third kappa shape index (κ3) is 4.04. The number of carbonyl (C=O) groups is 1. The first kappa shape index (κ1) is 19.1. The van der Waals surface area contributed by atoms with Crippen molar-refractivity contribution in [3.05, 3.63) is 59.1 Å². The average Bonchev–Trinajstić information content (AvgIpc) is 2.96. The van der Waals surface area contributed by atoms with Gasteiger partial charge < -0.3 is 10.2 Å². The largest absolute Gasteiger partial charge is 0.494 e. The van der Waals surface area contributed by atoms with Crippen LogP contribution in [0, 0.1) is 0 Å². The summed E-state index contributed by atoms with van der Waals surface area (Å²) in [6.45, 7) is 1.77. The monoisotopic (exact) mass is 384 g/mol. The molecule has 0 fully saturated rings. The summed E-state index contributed by atoms with van der Waals surface area (Å²) in [6.07, 6.45) is 0.721. The highest BCUT2D eigenvalue weighted by atomic mass is 35.5. The second-order valence-electron chi connectivity index (χ2n) is 6.30. The Hall–Kier alpha value is -2.63. The van der Waals surface area contributed by atoms with E-state index in [9.17, 15) is 9.90 Å².